The average Bonchev–Trinajstić information content (AvgIpc) is 2.58. The normalized spacial score (nSPS) is 11.1. The Morgan fingerprint density at radius 1 is 1.04 bits per heavy atom. The molecule has 0 fully saturated rings. The molecule has 0 bridgehead atoms. The molecule has 0 saturated heterocycles. The van der Waals surface area contributed by atoms with Crippen LogP contribution in [-0.4, -0.2) is 33.4 Å². The van der Waals surface area contributed by atoms with Gasteiger partial charge in [-0.05, 0) is 43.7 Å². The number of carbonyl (C=O) groups excluding carboxylic acids is 2. The zero-order chi connectivity index (χ0) is 20.0. The van der Waals surface area contributed by atoms with Crippen LogP contribution in [0.4, 0.5) is 0 Å². The number of nitrogens with one attached hydrogen (secondary N) is 2. The summed E-state index contributed by atoms with van der Waals surface area (Å²) >= 11 is 0. The molecule has 0 aromatic heterocycles. The Labute approximate surface area is 158 Å². The number of hydrogen-bond donors (Lipinski definition) is 2. The molecule has 0 saturated carbocycles. The second-order valence-electron chi connectivity index (χ2n) is 6.04. The molecule has 2 aromatic carbocycles. The molecular weight excluding hydrogens is 368 g/mol. The lowest BCUT2D eigenvalue weighted by Crippen LogP contribution is -2.35. The van der Waals surface area contributed by atoms with Gasteiger partial charge in [0, 0.05) is 25.6 Å². The molecule has 0 heterocycles. The van der Waals surface area contributed by atoms with Crippen LogP contribution in [-0.2, 0) is 14.8 Å². The van der Waals surface area contributed by atoms with Crippen molar-refractivity contribution in [1.29, 1.82) is 0 Å². The number of carbonyl (C=O) groups is 2. The van der Waals surface area contributed by atoms with Gasteiger partial charge < -0.3 is 10.1 Å². The van der Waals surface area contributed by atoms with Crippen molar-refractivity contribution in [3.05, 3.63) is 59.2 Å². The van der Waals surface area contributed by atoms with Crippen molar-refractivity contribution in [2.45, 2.75) is 25.7 Å². The number of hydrogen-bond acceptors (Lipinski definition) is 5. The fourth-order valence-electron chi connectivity index (χ4n) is 2.51. The third-order valence-electron chi connectivity index (χ3n) is 3.68. The van der Waals surface area contributed by atoms with E-state index in [0.717, 1.165) is 5.56 Å². The van der Waals surface area contributed by atoms with Crippen LogP contribution in [0.1, 0.15) is 28.4 Å². The second kappa shape index (κ2) is 8.79. The highest BCUT2D eigenvalue weighted by Crippen LogP contribution is 2.16. The lowest BCUT2D eigenvalue weighted by molar-refractivity contribution is -0.131. The Morgan fingerprint density at radius 2 is 1.78 bits per heavy atom. The summed E-state index contributed by atoms with van der Waals surface area (Å²) in [6, 6.07) is 11.3. The molecule has 0 aliphatic rings. The van der Waals surface area contributed by atoms with E-state index in [9.17, 15) is 18.0 Å². The molecule has 0 unspecified atom stereocenters. The third kappa shape index (κ3) is 5.90. The van der Waals surface area contributed by atoms with Crippen LogP contribution in [0.15, 0.2) is 47.4 Å². The van der Waals surface area contributed by atoms with E-state index in [-0.39, 0.29) is 23.7 Å². The summed E-state index contributed by atoms with van der Waals surface area (Å²) in [5.41, 5.74) is 1.95. The summed E-state index contributed by atoms with van der Waals surface area (Å²) in [5, 5.41) is 2.62. The minimum Gasteiger partial charge on any atom is -0.427 e. The molecule has 0 aliphatic heterocycles. The highest BCUT2D eigenvalue weighted by atomic mass is 32.2. The largest absolute Gasteiger partial charge is 0.427 e. The number of benzene rings is 2. The molecule has 27 heavy (non-hydrogen) atoms. The van der Waals surface area contributed by atoms with Gasteiger partial charge in [0.1, 0.15) is 5.75 Å². The maximum absolute atomic E-state index is 12.4. The van der Waals surface area contributed by atoms with Crippen molar-refractivity contribution < 1.29 is 22.7 Å². The van der Waals surface area contributed by atoms with Gasteiger partial charge in [-0.3, -0.25) is 9.59 Å². The Balaban J connectivity index is 1.91. The van der Waals surface area contributed by atoms with Gasteiger partial charge in [-0.1, -0.05) is 23.8 Å². The first-order valence-electron chi connectivity index (χ1n) is 8.32. The first kappa shape index (κ1) is 20.6. The van der Waals surface area contributed by atoms with Crippen molar-refractivity contribution >= 4 is 21.9 Å². The lowest BCUT2D eigenvalue weighted by Gasteiger charge is -2.11. The quantitative estimate of drug-likeness (QED) is 0.427. The zero-order valence-corrected chi connectivity index (χ0v) is 16.2. The van der Waals surface area contributed by atoms with Crippen molar-refractivity contribution in [3.8, 4) is 5.75 Å². The average molecular weight is 390 g/mol. The van der Waals surface area contributed by atoms with Gasteiger partial charge in [-0.15, -0.1) is 0 Å². The van der Waals surface area contributed by atoms with Crippen LogP contribution in [0.5, 0.6) is 5.75 Å². The molecule has 1 amide bonds. The highest BCUT2D eigenvalue weighted by molar-refractivity contribution is 7.89. The third-order valence-corrected chi connectivity index (χ3v) is 5.30. The minimum absolute atomic E-state index is 0.0467. The first-order valence-corrected chi connectivity index (χ1v) is 9.81. The lowest BCUT2D eigenvalue weighted by atomic mass is 10.2. The molecule has 0 aliphatic carbocycles. The Bertz CT molecular complexity index is 954. The molecular formula is C19H22N2O5S. The van der Waals surface area contributed by atoms with Gasteiger partial charge in [0.2, 0.25) is 10.0 Å². The van der Waals surface area contributed by atoms with Crippen molar-refractivity contribution in [2.24, 2.45) is 0 Å². The van der Waals surface area contributed by atoms with Gasteiger partial charge in [-0.25, -0.2) is 13.1 Å². The van der Waals surface area contributed by atoms with Gasteiger partial charge in [0.15, 0.2) is 0 Å². The van der Waals surface area contributed by atoms with E-state index in [1.165, 1.54) is 13.0 Å². The number of amides is 1. The molecule has 2 N–H and O–H groups in total. The number of esters is 1. The molecule has 144 valence electrons. The fourth-order valence-corrected chi connectivity index (χ4v) is 3.77. The summed E-state index contributed by atoms with van der Waals surface area (Å²) in [4.78, 5) is 23.3. The Hall–Kier alpha value is -2.71. The van der Waals surface area contributed by atoms with E-state index in [4.69, 9.17) is 4.74 Å². The molecule has 7 nitrogen and oxygen atoms in total. The fraction of sp³-hybridized carbons (Fsp3) is 0.263. The van der Waals surface area contributed by atoms with Crippen LogP contribution < -0.4 is 14.8 Å². The van der Waals surface area contributed by atoms with Crippen LogP contribution in [0, 0.1) is 13.8 Å². The van der Waals surface area contributed by atoms with E-state index in [1.807, 2.05) is 6.92 Å². The van der Waals surface area contributed by atoms with Crippen LogP contribution >= 0.6 is 0 Å². The van der Waals surface area contributed by atoms with Crippen LogP contribution in [0.25, 0.3) is 0 Å². The van der Waals surface area contributed by atoms with Crippen molar-refractivity contribution in [3.63, 3.8) is 0 Å². The van der Waals surface area contributed by atoms with Crippen molar-refractivity contribution in [1.82, 2.24) is 10.0 Å². The van der Waals surface area contributed by atoms with E-state index < -0.39 is 21.9 Å². The van der Waals surface area contributed by atoms with Gasteiger partial charge in [0.25, 0.3) is 5.91 Å². The zero-order valence-electron chi connectivity index (χ0n) is 15.4. The van der Waals surface area contributed by atoms with Crippen LogP contribution in [0.3, 0.4) is 0 Å². The Kier molecular flexibility index (Phi) is 6.70. The highest BCUT2D eigenvalue weighted by Gasteiger charge is 2.16. The standard InChI is InChI=1S/C19H22N2O5S/c1-13-7-8-18(14(2)11-13)27(24,25)21-10-9-20-19(23)16-5-4-6-17(12-16)26-15(3)22/h4-8,11-12,21H,9-10H2,1-3H3,(H,20,23). The smallest absolute Gasteiger partial charge is 0.308 e. The maximum atomic E-state index is 12.4. The monoisotopic (exact) mass is 390 g/mol. The van der Waals surface area contributed by atoms with Gasteiger partial charge in [-0.2, -0.15) is 0 Å². The molecule has 0 spiro atoms. The van der Waals surface area contributed by atoms with Gasteiger partial charge in [0.05, 0.1) is 4.90 Å². The van der Waals surface area contributed by atoms with E-state index >= 15 is 0 Å². The molecule has 0 atom stereocenters. The van der Waals surface area contributed by atoms with E-state index in [0.29, 0.717) is 11.1 Å². The second-order valence-corrected chi connectivity index (χ2v) is 7.78. The topological polar surface area (TPSA) is 102 Å². The van der Waals surface area contributed by atoms with E-state index in [1.54, 1.807) is 43.3 Å². The predicted molar refractivity (Wildman–Crippen MR) is 101 cm³/mol. The molecule has 8 heteroatoms. The predicted octanol–water partition coefficient (Wildman–Crippen LogP) is 1.94. The van der Waals surface area contributed by atoms with Gasteiger partial charge >= 0.3 is 5.97 Å². The number of ether oxygens (including phenoxy) is 1. The minimum atomic E-state index is -3.65. The number of rotatable bonds is 7. The maximum Gasteiger partial charge on any atom is 0.308 e. The van der Waals surface area contributed by atoms with Crippen molar-refractivity contribution in [2.75, 3.05) is 13.1 Å². The summed E-state index contributed by atoms with van der Waals surface area (Å²) in [6.45, 7) is 5.06. The molecule has 0 radical (unpaired) electrons. The summed E-state index contributed by atoms with van der Waals surface area (Å²) in [6.07, 6.45) is 0. The number of sulfonamides is 1. The molecule has 2 aromatic rings. The Morgan fingerprint density at radius 3 is 2.44 bits per heavy atom. The summed E-state index contributed by atoms with van der Waals surface area (Å²) in [7, 11) is -3.65. The summed E-state index contributed by atoms with van der Waals surface area (Å²) < 4.78 is 32.1. The summed E-state index contributed by atoms with van der Waals surface area (Å²) in [5.74, 6) is -0.603. The number of aryl methyl sites for hydroxylation is 2. The SMILES string of the molecule is CC(=O)Oc1cccc(C(=O)NCCNS(=O)(=O)c2ccc(C)cc2C)c1. The first-order chi connectivity index (χ1) is 12.7. The molecule has 2 rings (SSSR count). The van der Waals surface area contributed by atoms with E-state index in [2.05, 4.69) is 10.0 Å². The van der Waals surface area contributed by atoms with Crippen LogP contribution in [0.2, 0.25) is 0 Å².